The van der Waals surface area contributed by atoms with Crippen LogP contribution in [0.15, 0.2) is 25.6 Å². The first-order valence-electron chi connectivity index (χ1n) is 4.43. The lowest BCUT2D eigenvalue weighted by molar-refractivity contribution is 0.0728. The van der Waals surface area contributed by atoms with Crippen LogP contribution in [-0.2, 0) is 4.74 Å². The lowest BCUT2D eigenvalue weighted by Crippen LogP contribution is -2.13. The van der Waals surface area contributed by atoms with Gasteiger partial charge in [0, 0.05) is 6.61 Å². The van der Waals surface area contributed by atoms with Crippen molar-refractivity contribution in [2.45, 2.75) is 26.2 Å². The molecule has 0 bridgehead atoms. The van der Waals surface area contributed by atoms with Crippen LogP contribution in [0.4, 0.5) is 0 Å². The standard InChI is InChI=1S/C10H19NO/c1-4-7-8-9-12-10-11(5-2)6-3/h5-6H,2-4,7-10H2,1H3. The third-order valence-electron chi connectivity index (χ3n) is 1.60. The highest BCUT2D eigenvalue weighted by atomic mass is 16.5. The second kappa shape index (κ2) is 8.34. The molecular weight excluding hydrogens is 150 g/mol. The largest absolute Gasteiger partial charge is 0.361 e. The third kappa shape index (κ3) is 5.98. The minimum Gasteiger partial charge on any atom is -0.361 e. The molecule has 0 fully saturated rings. The summed E-state index contributed by atoms with van der Waals surface area (Å²) >= 11 is 0. The lowest BCUT2D eigenvalue weighted by Gasteiger charge is -2.13. The smallest absolute Gasteiger partial charge is 0.122 e. The summed E-state index contributed by atoms with van der Waals surface area (Å²) in [6.45, 7) is 10.8. The molecule has 2 nitrogen and oxygen atoms in total. The minimum atomic E-state index is 0.566. The molecule has 0 radical (unpaired) electrons. The van der Waals surface area contributed by atoms with Gasteiger partial charge in [-0.3, -0.25) is 0 Å². The SMILES string of the molecule is C=CN(C=C)COCCCCC. The van der Waals surface area contributed by atoms with Gasteiger partial charge in [-0.05, 0) is 18.8 Å². The molecule has 0 N–H and O–H groups in total. The molecule has 2 heteroatoms. The Morgan fingerprint density at radius 2 is 1.92 bits per heavy atom. The summed E-state index contributed by atoms with van der Waals surface area (Å²) in [5.74, 6) is 0. The Labute approximate surface area is 75.5 Å². The van der Waals surface area contributed by atoms with Crippen molar-refractivity contribution in [3.63, 3.8) is 0 Å². The molecule has 0 saturated heterocycles. The molecule has 0 amide bonds. The van der Waals surface area contributed by atoms with Crippen molar-refractivity contribution in [2.24, 2.45) is 0 Å². The Kier molecular flexibility index (Phi) is 7.81. The fourth-order valence-electron chi connectivity index (χ4n) is 0.804. The Bertz CT molecular complexity index is 115. The first kappa shape index (κ1) is 11.2. The maximum Gasteiger partial charge on any atom is 0.122 e. The Morgan fingerprint density at radius 3 is 2.42 bits per heavy atom. The third-order valence-corrected chi connectivity index (χ3v) is 1.60. The molecule has 0 aliphatic carbocycles. The molecule has 0 saturated carbocycles. The van der Waals surface area contributed by atoms with Crippen molar-refractivity contribution in [2.75, 3.05) is 13.3 Å². The van der Waals surface area contributed by atoms with E-state index in [0.717, 1.165) is 13.0 Å². The van der Waals surface area contributed by atoms with Crippen LogP contribution < -0.4 is 0 Å². The Hall–Kier alpha value is -0.760. The number of hydrogen-bond donors (Lipinski definition) is 0. The average molecular weight is 169 g/mol. The number of unbranched alkanes of at least 4 members (excludes halogenated alkanes) is 2. The topological polar surface area (TPSA) is 12.5 Å². The van der Waals surface area contributed by atoms with Gasteiger partial charge >= 0.3 is 0 Å². The molecular formula is C10H19NO. The minimum absolute atomic E-state index is 0.566. The van der Waals surface area contributed by atoms with Crippen LogP contribution in [-0.4, -0.2) is 18.2 Å². The summed E-state index contributed by atoms with van der Waals surface area (Å²) in [6.07, 6.45) is 7.01. The summed E-state index contributed by atoms with van der Waals surface area (Å²) in [6, 6.07) is 0. The molecule has 12 heavy (non-hydrogen) atoms. The van der Waals surface area contributed by atoms with Crippen molar-refractivity contribution in [3.8, 4) is 0 Å². The van der Waals surface area contributed by atoms with Gasteiger partial charge in [-0.15, -0.1) is 0 Å². The van der Waals surface area contributed by atoms with Crippen molar-refractivity contribution in [1.29, 1.82) is 0 Å². The summed E-state index contributed by atoms with van der Waals surface area (Å²) in [5, 5.41) is 0. The molecule has 0 aliphatic heterocycles. The van der Waals surface area contributed by atoms with Crippen LogP contribution in [0.25, 0.3) is 0 Å². The van der Waals surface area contributed by atoms with Gasteiger partial charge in [0.25, 0.3) is 0 Å². The van der Waals surface area contributed by atoms with Crippen LogP contribution in [0, 0.1) is 0 Å². The summed E-state index contributed by atoms with van der Waals surface area (Å²) in [5.41, 5.74) is 0. The zero-order chi connectivity index (χ0) is 9.23. The monoisotopic (exact) mass is 169 g/mol. The van der Waals surface area contributed by atoms with Crippen LogP contribution in [0.2, 0.25) is 0 Å². The van der Waals surface area contributed by atoms with E-state index in [-0.39, 0.29) is 0 Å². The fourth-order valence-corrected chi connectivity index (χ4v) is 0.804. The van der Waals surface area contributed by atoms with Crippen molar-refractivity contribution >= 4 is 0 Å². The molecule has 0 unspecified atom stereocenters. The number of ether oxygens (including phenoxy) is 1. The van der Waals surface area contributed by atoms with E-state index < -0.39 is 0 Å². The second-order valence-corrected chi connectivity index (χ2v) is 2.62. The maximum absolute atomic E-state index is 5.36. The summed E-state index contributed by atoms with van der Waals surface area (Å²) in [4.78, 5) is 1.81. The Morgan fingerprint density at radius 1 is 1.25 bits per heavy atom. The van der Waals surface area contributed by atoms with E-state index in [4.69, 9.17) is 4.74 Å². The fraction of sp³-hybridized carbons (Fsp3) is 0.600. The molecule has 0 atom stereocenters. The van der Waals surface area contributed by atoms with Gasteiger partial charge < -0.3 is 9.64 Å². The summed E-state index contributed by atoms with van der Waals surface area (Å²) in [7, 11) is 0. The lowest BCUT2D eigenvalue weighted by atomic mass is 10.3. The average Bonchev–Trinajstić information content (AvgIpc) is 2.11. The van der Waals surface area contributed by atoms with Gasteiger partial charge in [0.2, 0.25) is 0 Å². The molecule has 70 valence electrons. The normalized spacial score (nSPS) is 9.42. The molecule has 0 spiro atoms. The summed E-state index contributed by atoms with van der Waals surface area (Å²) < 4.78 is 5.36. The van der Waals surface area contributed by atoms with E-state index in [9.17, 15) is 0 Å². The predicted molar refractivity (Wildman–Crippen MR) is 52.6 cm³/mol. The van der Waals surface area contributed by atoms with E-state index in [1.807, 2.05) is 4.90 Å². The van der Waals surface area contributed by atoms with Crippen molar-refractivity contribution in [1.82, 2.24) is 4.90 Å². The molecule has 0 aromatic heterocycles. The van der Waals surface area contributed by atoms with E-state index in [1.165, 1.54) is 12.8 Å². The number of rotatable bonds is 8. The second-order valence-electron chi connectivity index (χ2n) is 2.62. The molecule has 0 aromatic rings. The first-order valence-corrected chi connectivity index (χ1v) is 4.43. The van der Waals surface area contributed by atoms with Crippen LogP contribution >= 0.6 is 0 Å². The highest BCUT2D eigenvalue weighted by molar-refractivity contribution is 4.77. The van der Waals surface area contributed by atoms with Gasteiger partial charge in [-0.25, -0.2) is 0 Å². The number of hydrogen-bond acceptors (Lipinski definition) is 2. The molecule has 0 aromatic carbocycles. The van der Waals surface area contributed by atoms with Crippen molar-refractivity contribution in [3.05, 3.63) is 25.6 Å². The molecule has 0 rings (SSSR count). The molecule has 0 aliphatic rings. The first-order chi connectivity index (χ1) is 5.85. The van der Waals surface area contributed by atoms with Gasteiger partial charge in [0.15, 0.2) is 0 Å². The van der Waals surface area contributed by atoms with Gasteiger partial charge in [0.05, 0.1) is 0 Å². The van der Waals surface area contributed by atoms with Gasteiger partial charge in [-0.2, -0.15) is 0 Å². The van der Waals surface area contributed by atoms with Gasteiger partial charge in [-0.1, -0.05) is 32.9 Å². The van der Waals surface area contributed by atoms with Crippen LogP contribution in [0.5, 0.6) is 0 Å². The zero-order valence-corrected chi connectivity index (χ0v) is 7.96. The van der Waals surface area contributed by atoms with E-state index in [2.05, 4.69) is 20.1 Å². The predicted octanol–water partition coefficient (Wildman–Crippen LogP) is 2.74. The zero-order valence-electron chi connectivity index (χ0n) is 7.96. The maximum atomic E-state index is 5.36. The van der Waals surface area contributed by atoms with E-state index in [1.54, 1.807) is 12.4 Å². The highest BCUT2D eigenvalue weighted by Gasteiger charge is 1.91. The van der Waals surface area contributed by atoms with E-state index in [0.29, 0.717) is 6.73 Å². The number of nitrogens with zero attached hydrogens (tertiary/aromatic N) is 1. The van der Waals surface area contributed by atoms with Gasteiger partial charge in [0.1, 0.15) is 6.73 Å². The van der Waals surface area contributed by atoms with Crippen molar-refractivity contribution < 1.29 is 4.74 Å². The highest BCUT2D eigenvalue weighted by Crippen LogP contribution is 1.95. The van der Waals surface area contributed by atoms with E-state index >= 15 is 0 Å². The quantitative estimate of drug-likeness (QED) is 0.409. The van der Waals surface area contributed by atoms with Crippen LogP contribution in [0.3, 0.4) is 0 Å². The Balaban J connectivity index is 3.17. The van der Waals surface area contributed by atoms with Crippen LogP contribution in [0.1, 0.15) is 26.2 Å². The molecule has 0 heterocycles.